The molecule has 12 heavy (non-hydrogen) atoms. The maximum absolute atomic E-state index is 11.3. The van der Waals surface area contributed by atoms with E-state index in [1.165, 1.54) is 19.3 Å². The molecular weight excluding hydrogens is 150 g/mol. The molecule has 2 heteroatoms. The van der Waals surface area contributed by atoms with Gasteiger partial charge in [-0.25, -0.2) is 0 Å². The molecule has 1 amide bonds. The lowest BCUT2D eigenvalue weighted by molar-refractivity contribution is -0.132. The Morgan fingerprint density at radius 1 is 1.33 bits per heavy atom. The van der Waals surface area contributed by atoms with Crippen molar-refractivity contribution in [1.82, 2.24) is 4.90 Å². The molecule has 0 aromatic rings. The number of rotatable bonds is 2. The van der Waals surface area contributed by atoms with Crippen LogP contribution in [-0.2, 0) is 4.79 Å². The number of hydrogen-bond donors (Lipinski definition) is 0. The fourth-order valence-electron chi connectivity index (χ4n) is 1.81. The summed E-state index contributed by atoms with van der Waals surface area (Å²) in [6.45, 7) is 6.16. The smallest absolute Gasteiger partial charge is 0.222 e. The maximum atomic E-state index is 11.3. The fraction of sp³-hybridized carbons (Fsp3) is 0.900. The van der Waals surface area contributed by atoms with Crippen molar-refractivity contribution in [3.63, 3.8) is 0 Å². The van der Waals surface area contributed by atoms with Gasteiger partial charge in [0.1, 0.15) is 0 Å². The van der Waals surface area contributed by atoms with Crippen LogP contribution in [0, 0.1) is 5.92 Å². The number of nitrogens with zero attached hydrogens (tertiary/aromatic N) is 1. The van der Waals surface area contributed by atoms with Crippen LogP contribution in [0.25, 0.3) is 0 Å². The van der Waals surface area contributed by atoms with Crippen LogP contribution in [-0.4, -0.2) is 23.9 Å². The van der Waals surface area contributed by atoms with Gasteiger partial charge in [-0.3, -0.25) is 4.79 Å². The van der Waals surface area contributed by atoms with Gasteiger partial charge in [-0.1, -0.05) is 20.3 Å². The second-order valence-electron chi connectivity index (χ2n) is 3.59. The zero-order valence-corrected chi connectivity index (χ0v) is 8.18. The topological polar surface area (TPSA) is 20.3 Å². The maximum Gasteiger partial charge on any atom is 0.222 e. The SMILES string of the molecule is CCC(=O)N1CCC(CC)CC1. The van der Waals surface area contributed by atoms with Crippen molar-refractivity contribution in [2.75, 3.05) is 13.1 Å². The van der Waals surface area contributed by atoms with E-state index in [0.717, 1.165) is 19.0 Å². The molecule has 1 aliphatic heterocycles. The van der Waals surface area contributed by atoms with E-state index in [0.29, 0.717) is 12.3 Å². The zero-order chi connectivity index (χ0) is 8.97. The van der Waals surface area contributed by atoms with Crippen molar-refractivity contribution in [3.8, 4) is 0 Å². The first-order valence-electron chi connectivity index (χ1n) is 5.05. The van der Waals surface area contributed by atoms with Crippen LogP contribution >= 0.6 is 0 Å². The summed E-state index contributed by atoms with van der Waals surface area (Å²) < 4.78 is 0. The number of carbonyl (C=O) groups is 1. The number of amides is 1. The van der Waals surface area contributed by atoms with Crippen LogP contribution in [0.3, 0.4) is 0 Å². The van der Waals surface area contributed by atoms with Crippen LogP contribution < -0.4 is 0 Å². The number of likely N-dealkylation sites (tertiary alicyclic amines) is 1. The molecule has 70 valence electrons. The Morgan fingerprint density at radius 3 is 2.33 bits per heavy atom. The minimum Gasteiger partial charge on any atom is -0.343 e. The number of piperidine rings is 1. The third kappa shape index (κ3) is 2.23. The van der Waals surface area contributed by atoms with Crippen LogP contribution in [0.1, 0.15) is 39.5 Å². The van der Waals surface area contributed by atoms with E-state index in [-0.39, 0.29) is 0 Å². The Morgan fingerprint density at radius 2 is 1.92 bits per heavy atom. The molecule has 0 aliphatic carbocycles. The molecule has 1 rings (SSSR count). The number of carbonyl (C=O) groups excluding carboxylic acids is 1. The third-order valence-electron chi connectivity index (χ3n) is 2.85. The zero-order valence-electron chi connectivity index (χ0n) is 8.18. The summed E-state index contributed by atoms with van der Waals surface area (Å²) in [5.74, 6) is 1.19. The van der Waals surface area contributed by atoms with Crippen LogP contribution in [0.15, 0.2) is 0 Å². The summed E-state index contributed by atoms with van der Waals surface area (Å²) >= 11 is 0. The normalized spacial score (nSPS) is 19.7. The van der Waals surface area contributed by atoms with Gasteiger partial charge in [0.2, 0.25) is 5.91 Å². The molecular formula is C10H19NO. The highest BCUT2D eigenvalue weighted by Gasteiger charge is 2.19. The first-order valence-corrected chi connectivity index (χ1v) is 5.05. The Balaban J connectivity index is 2.30. The molecule has 0 aromatic carbocycles. The van der Waals surface area contributed by atoms with E-state index in [2.05, 4.69) is 6.92 Å². The molecule has 2 nitrogen and oxygen atoms in total. The van der Waals surface area contributed by atoms with Crippen LogP contribution in [0.2, 0.25) is 0 Å². The minimum atomic E-state index is 0.324. The molecule has 0 radical (unpaired) electrons. The molecule has 0 bridgehead atoms. The molecule has 1 heterocycles. The Kier molecular flexibility index (Phi) is 3.57. The Hall–Kier alpha value is -0.530. The Bertz CT molecular complexity index is 148. The molecule has 1 fully saturated rings. The highest BCUT2D eigenvalue weighted by atomic mass is 16.2. The average Bonchev–Trinajstić information content (AvgIpc) is 2.17. The molecule has 1 saturated heterocycles. The van der Waals surface area contributed by atoms with E-state index < -0.39 is 0 Å². The van der Waals surface area contributed by atoms with Gasteiger partial charge in [0.15, 0.2) is 0 Å². The van der Waals surface area contributed by atoms with Gasteiger partial charge in [0.05, 0.1) is 0 Å². The fourth-order valence-corrected chi connectivity index (χ4v) is 1.81. The standard InChI is InChI=1S/C10H19NO/c1-3-9-5-7-11(8-6-9)10(12)4-2/h9H,3-8H2,1-2H3. The van der Waals surface area contributed by atoms with Crippen LogP contribution in [0.4, 0.5) is 0 Å². The molecule has 0 spiro atoms. The lowest BCUT2D eigenvalue weighted by Gasteiger charge is -2.31. The van der Waals surface area contributed by atoms with Crippen molar-refractivity contribution in [2.45, 2.75) is 39.5 Å². The summed E-state index contributed by atoms with van der Waals surface area (Å²) in [5.41, 5.74) is 0. The first kappa shape index (κ1) is 9.56. The van der Waals surface area contributed by atoms with Crippen molar-refractivity contribution in [3.05, 3.63) is 0 Å². The van der Waals surface area contributed by atoms with Gasteiger partial charge < -0.3 is 4.90 Å². The van der Waals surface area contributed by atoms with Gasteiger partial charge >= 0.3 is 0 Å². The first-order chi connectivity index (χ1) is 5.77. The van der Waals surface area contributed by atoms with Gasteiger partial charge in [-0.05, 0) is 18.8 Å². The predicted octanol–water partition coefficient (Wildman–Crippen LogP) is 2.04. The van der Waals surface area contributed by atoms with E-state index in [1.807, 2.05) is 11.8 Å². The molecule has 0 aromatic heterocycles. The van der Waals surface area contributed by atoms with Gasteiger partial charge in [-0.15, -0.1) is 0 Å². The number of hydrogen-bond acceptors (Lipinski definition) is 1. The van der Waals surface area contributed by atoms with Crippen molar-refractivity contribution in [1.29, 1.82) is 0 Å². The summed E-state index contributed by atoms with van der Waals surface area (Å²) in [5, 5.41) is 0. The van der Waals surface area contributed by atoms with Gasteiger partial charge in [-0.2, -0.15) is 0 Å². The van der Waals surface area contributed by atoms with Crippen molar-refractivity contribution >= 4 is 5.91 Å². The van der Waals surface area contributed by atoms with Gasteiger partial charge in [0, 0.05) is 19.5 Å². The van der Waals surface area contributed by atoms with E-state index in [4.69, 9.17) is 0 Å². The van der Waals surface area contributed by atoms with Crippen molar-refractivity contribution < 1.29 is 4.79 Å². The van der Waals surface area contributed by atoms with Gasteiger partial charge in [0.25, 0.3) is 0 Å². The molecule has 0 saturated carbocycles. The minimum absolute atomic E-state index is 0.324. The quantitative estimate of drug-likeness (QED) is 0.619. The van der Waals surface area contributed by atoms with E-state index in [9.17, 15) is 4.79 Å². The van der Waals surface area contributed by atoms with E-state index in [1.54, 1.807) is 0 Å². The third-order valence-corrected chi connectivity index (χ3v) is 2.85. The van der Waals surface area contributed by atoms with Crippen LogP contribution in [0.5, 0.6) is 0 Å². The molecule has 0 N–H and O–H groups in total. The molecule has 0 atom stereocenters. The highest BCUT2D eigenvalue weighted by Crippen LogP contribution is 2.19. The van der Waals surface area contributed by atoms with Crippen molar-refractivity contribution in [2.24, 2.45) is 5.92 Å². The second-order valence-corrected chi connectivity index (χ2v) is 3.59. The summed E-state index contributed by atoms with van der Waals surface area (Å²) in [4.78, 5) is 13.3. The monoisotopic (exact) mass is 169 g/mol. The summed E-state index contributed by atoms with van der Waals surface area (Å²) in [6, 6.07) is 0. The van der Waals surface area contributed by atoms with E-state index >= 15 is 0 Å². The average molecular weight is 169 g/mol. The molecule has 0 unspecified atom stereocenters. The Labute approximate surface area is 74.9 Å². The lowest BCUT2D eigenvalue weighted by Crippen LogP contribution is -2.37. The predicted molar refractivity (Wildman–Crippen MR) is 49.9 cm³/mol. The molecule has 1 aliphatic rings. The summed E-state index contributed by atoms with van der Waals surface area (Å²) in [7, 11) is 0. The lowest BCUT2D eigenvalue weighted by atomic mass is 9.94. The highest BCUT2D eigenvalue weighted by molar-refractivity contribution is 5.75. The largest absolute Gasteiger partial charge is 0.343 e. The summed E-state index contributed by atoms with van der Waals surface area (Å²) in [6.07, 6.45) is 4.36. The second kappa shape index (κ2) is 4.48.